The first kappa shape index (κ1) is 13.0. The molecule has 0 unspecified atom stereocenters. The lowest BCUT2D eigenvalue weighted by atomic mass is 10.3. The van der Waals surface area contributed by atoms with E-state index in [9.17, 15) is 9.59 Å². The Balaban J connectivity index is 2.60. The second kappa shape index (κ2) is 6.47. The summed E-state index contributed by atoms with van der Waals surface area (Å²) in [5, 5.41) is 2.76. The normalized spacial score (nSPS) is 9.53. The van der Waals surface area contributed by atoms with Gasteiger partial charge in [-0.3, -0.25) is 4.79 Å². The fourth-order valence-corrected chi connectivity index (χ4v) is 1.13. The summed E-state index contributed by atoms with van der Waals surface area (Å²) in [6.45, 7) is 2.07. The fraction of sp³-hybridized carbons (Fsp3) is 0.364. The molecule has 1 N–H and O–H groups in total. The summed E-state index contributed by atoms with van der Waals surface area (Å²) in [6.07, 6.45) is 0. The molecule has 1 heterocycles. The van der Waals surface area contributed by atoms with Crippen LogP contribution in [-0.2, 0) is 14.3 Å². The van der Waals surface area contributed by atoms with Crippen molar-refractivity contribution in [1.82, 2.24) is 4.98 Å². The Labute approximate surface area is 98.9 Å². The third-order valence-electron chi connectivity index (χ3n) is 1.86. The first-order valence-electron chi connectivity index (χ1n) is 5.12. The van der Waals surface area contributed by atoms with Gasteiger partial charge in [-0.2, -0.15) is 0 Å². The average molecular weight is 238 g/mol. The molecule has 6 heteroatoms. The van der Waals surface area contributed by atoms with Gasteiger partial charge in [0.05, 0.1) is 13.7 Å². The fourth-order valence-electron chi connectivity index (χ4n) is 1.13. The van der Waals surface area contributed by atoms with E-state index >= 15 is 0 Å². The second-order valence-corrected chi connectivity index (χ2v) is 3.06. The van der Waals surface area contributed by atoms with Gasteiger partial charge in [0.1, 0.15) is 12.4 Å². The number of hydrogen-bond donors (Lipinski definition) is 1. The monoisotopic (exact) mass is 238 g/mol. The first-order valence-corrected chi connectivity index (χ1v) is 5.12. The highest BCUT2D eigenvalue weighted by Crippen LogP contribution is 2.05. The van der Waals surface area contributed by atoms with E-state index in [1.165, 1.54) is 13.2 Å². The zero-order chi connectivity index (χ0) is 12.7. The highest BCUT2D eigenvalue weighted by atomic mass is 16.5. The molecule has 0 aliphatic heterocycles. The molecule has 0 amide bonds. The Morgan fingerprint density at radius 3 is 2.82 bits per heavy atom. The third kappa shape index (κ3) is 4.10. The van der Waals surface area contributed by atoms with Crippen molar-refractivity contribution in [1.29, 1.82) is 0 Å². The number of nitrogens with one attached hydrogen (secondary N) is 1. The van der Waals surface area contributed by atoms with Gasteiger partial charge in [0.25, 0.3) is 0 Å². The van der Waals surface area contributed by atoms with Crippen LogP contribution in [0.2, 0.25) is 0 Å². The maximum Gasteiger partial charge on any atom is 0.356 e. The molecule has 0 saturated carbocycles. The van der Waals surface area contributed by atoms with Crippen LogP contribution < -0.4 is 5.32 Å². The van der Waals surface area contributed by atoms with Gasteiger partial charge < -0.3 is 14.8 Å². The number of methoxy groups -OCH3 is 1. The van der Waals surface area contributed by atoms with Gasteiger partial charge in [0, 0.05) is 0 Å². The first-order chi connectivity index (χ1) is 8.17. The minimum atomic E-state index is -0.523. The zero-order valence-corrected chi connectivity index (χ0v) is 9.73. The minimum absolute atomic E-state index is 0.00542. The van der Waals surface area contributed by atoms with Crippen molar-refractivity contribution in [3.05, 3.63) is 23.9 Å². The van der Waals surface area contributed by atoms with Crippen LogP contribution in [0.25, 0.3) is 0 Å². The van der Waals surface area contributed by atoms with Crippen molar-refractivity contribution in [2.45, 2.75) is 6.92 Å². The topological polar surface area (TPSA) is 77.5 Å². The lowest BCUT2D eigenvalue weighted by molar-refractivity contribution is -0.140. The molecule has 6 nitrogen and oxygen atoms in total. The molecule has 0 atom stereocenters. The molecule has 17 heavy (non-hydrogen) atoms. The number of esters is 2. The van der Waals surface area contributed by atoms with Crippen LogP contribution in [0, 0.1) is 0 Å². The SMILES string of the molecule is CCOC(=O)CNc1cccc(C(=O)OC)n1. The molecule has 0 saturated heterocycles. The Morgan fingerprint density at radius 1 is 1.41 bits per heavy atom. The van der Waals surface area contributed by atoms with Gasteiger partial charge >= 0.3 is 11.9 Å². The van der Waals surface area contributed by atoms with Gasteiger partial charge in [-0.1, -0.05) is 6.07 Å². The lowest BCUT2D eigenvalue weighted by Gasteiger charge is -2.06. The average Bonchev–Trinajstić information content (AvgIpc) is 2.36. The molecule has 1 aromatic rings. The summed E-state index contributed by atoms with van der Waals surface area (Å²) < 4.78 is 9.28. The molecule has 0 fully saturated rings. The van der Waals surface area contributed by atoms with E-state index in [0.717, 1.165) is 0 Å². The van der Waals surface area contributed by atoms with Crippen molar-refractivity contribution in [3.63, 3.8) is 0 Å². The summed E-state index contributed by atoms with van der Waals surface area (Å²) in [5.41, 5.74) is 0.182. The third-order valence-corrected chi connectivity index (χ3v) is 1.86. The molecule has 0 aliphatic carbocycles. The van der Waals surface area contributed by atoms with Crippen LogP contribution in [0.15, 0.2) is 18.2 Å². The summed E-state index contributed by atoms with van der Waals surface area (Å²) in [4.78, 5) is 26.3. The lowest BCUT2D eigenvalue weighted by Crippen LogP contribution is -2.17. The quantitative estimate of drug-likeness (QED) is 0.766. The van der Waals surface area contributed by atoms with E-state index in [4.69, 9.17) is 4.74 Å². The van der Waals surface area contributed by atoms with Crippen LogP contribution in [-0.4, -0.2) is 37.2 Å². The van der Waals surface area contributed by atoms with Crippen molar-refractivity contribution in [3.8, 4) is 0 Å². The van der Waals surface area contributed by atoms with E-state index in [1.807, 2.05) is 0 Å². The van der Waals surface area contributed by atoms with E-state index in [1.54, 1.807) is 19.1 Å². The number of aromatic nitrogens is 1. The van der Waals surface area contributed by atoms with Gasteiger partial charge in [-0.25, -0.2) is 9.78 Å². The van der Waals surface area contributed by atoms with Crippen LogP contribution in [0.1, 0.15) is 17.4 Å². The number of rotatable bonds is 5. The maximum absolute atomic E-state index is 11.2. The van der Waals surface area contributed by atoms with Crippen molar-refractivity contribution in [2.75, 3.05) is 25.6 Å². The van der Waals surface area contributed by atoms with Crippen molar-refractivity contribution in [2.24, 2.45) is 0 Å². The number of pyridine rings is 1. The summed E-state index contributed by atoms with van der Waals surface area (Å²) in [5.74, 6) is -0.483. The van der Waals surface area contributed by atoms with Crippen LogP contribution in [0.3, 0.4) is 0 Å². The summed E-state index contributed by atoms with van der Waals surface area (Å²) in [7, 11) is 1.28. The Hall–Kier alpha value is -2.11. The Kier molecular flexibility index (Phi) is 4.93. The van der Waals surface area contributed by atoms with E-state index in [-0.39, 0.29) is 18.2 Å². The molecule has 0 aliphatic rings. The van der Waals surface area contributed by atoms with Gasteiger partial charge in [0.2, 0.25) is 0 Å². The Morgan fingerprint density at radius 2 is 2.18 bits per heavy atom. The second-order valence-electron chi connectivity index (χ2n) is 3.06. The standard InChI is InChI=1S/C11H14N2O4/c1-3-17-10(14)7-12-9-6-4-5-8(13-9)11(15)16-2/h4-6H,3,7H2,1-2H3,(H,12,13). The number of ether oxygens (including phenoxy) is 2. The molecule has 1 rings (SSSR count). The predicted octanol–water partition coefficient (Wildman–Crippen LogP) is 0.843. The van der Waals surface area contributed by atoms with Gasteiger partial charge in [-0.05, 0) is 19.1 Å². The number of anilines is 1. The minimum Gasteiger partial charge on any atom is -0.465 e. The predicted molar refractivity (Wildman–Crippen MR) is 60.7 cm³/mol. The van der Waals surface area contributed by atoms with Crippen LogP contribution in [0.4, 0.5) is 5.82 Å². The Bertz CT molecular complexity index is 406. The molecular formula is C11H14N2O4. The van der Waals surface area contributed by atoms with E-state index < -0.39 is 5.97 Å². The smallest absolute Gasteiger partial charge is 0.356 e. The molecule has 0 aromatic carbocycles. The number of carbonyl (C=O) groups is 2. The van der Waals surface area contributed by atoms with Crippen molar-refractivity contribution >= 4 is 17.8 Å². The highest BCUT2D eigenvalue weighted by molar-refractivity contribution is 5.87. The largest absolute Gasteiger partial charge is 0.465 e. The van der Waals surface area contributed by atoms with Crippen molar-refractivity contribution < 1.29 is 19.1 Å². The molecule has 0 spiro atoms. The van der Waals surface area contributed by atoms with E-state index in [2.05, 4.69) is 15.0 Å². The zero-order valence-electron chi connectivity index (χ0n) is 9.73. The number of hydrogen-bond acceptors (Lipinski definition) is 6. The molecule has 92 valence electrons. The number of carbonyl (C=O) groups excluding carboxylic acids is 2. The molecule has 1 aromatic heterocycles. The van der Waals surface area contributed by atoms with Crippen LogP contribution in [0.5, 0.6) is 0 Å². The van der Waals surface area contributed by atoms with E-state index in [0.29, 0.717) is 12.4 Å². The highest BCUT2D eigenvalue weighted by Gasteiger charge is 2.08. The molecule has 0 radical (unpaired) electrons. The van der Waals surface area contributed by atoms with Crippen LogP contribution >= 0.6 is 0 Å². The summed E-state index contributed by atoms with van der Waals surface area (Å²) >= 11 is 0. The summed E-state index contributed by atoms with van der Waals surface area (Å²) in [6, 6.07) is 4.82. The van der Waals surface area contributed by atoms with Gasteiger partial charge in [0.15, 0.2) is 5.69 Å². The van der Waals surface area contributed by atoms with Gasteiger partial charge in [-0.15, -0.1) is 0 Å². The molecule has 0 bridgehead atoms. The number of nitrogens with zero attached hydrogens (tertiary/aromatic N) is 1. The molecular weight excluding hydrogens is 224 g/mol. The maximum atomic E-state index is 11.2.